The minimum atomic E-state index is 0.0885. The van der Waals surface area contributed by atoms with Crippen LogP contribution in [0.2, 0.25) is 0 Å². The summed E-state index contributed by atoms with van der Waals surface area (Å²) in [5.74, 6) is 1.64. The summed E-state index contributed by atoms with van der Waals surface area (Å²) in [4.78, 5) is 22.8. The van der Waals surface area contributed by atoms with Gasteiger partial charge in [-0.3, -0.25) is 4.79 Å². The van der Waals surface area contributed by atoms with Crippen LogP contribution in [0.5, 0.6) is 0 Å². The highest BCUT2D eigenvalue weighted by atomic mass is 16.5. The Bertz CT molecular complexity index is 459. The average molecular weight is 320 g/mol. The molecule has 128 valence electrons. The number of ether oxygens (including phenoxy) is 1. The Balaban J connectivity index is 1.60. The predicted molar refractivity (Wildman–Crippen MR) is 90.3 cm³/mol. The highest BCUT2D eigenvalue weighted by molar-refractivity contribution is 5.78. The second-order valence-corrected chi connectivity index (χ2v) is 6.40. The molecule has 1 N–H and O–H groups in total. The Labute approximate surface area is 138 Å². The monoisotopic (exact) mass is 320 g/mol. The van der Waals surface area contributed by atoms with Crippen LogP contribution in [0.4, 0.5) is 5.95 Å². The second-order valence-electron chi connectivity index (χ2n) is 6.40. The van der Waals surface area contributed by atoms with Crippen LogP contribution in [0, 0.1) is 11.8 Å². The van der Waals surface area contributed by atoms with Crippen molar-refractivity contribution >= 4 is 11.9 Å². The molecule has 0 radical (unpaired) electrons. The predicted octanol–water partition coefficient (Wildman–Crippen LogP) is 1.87. The zero-order valence-corrected chi connectivity index (χ0v) is 14.2. The fourth-order valence-corrected chi connectivity index (χ4v) is 2.61. The van der Waals surface area contributed by atoms with Crippen molar-refractivity contribution in [1.29, 1.82) is 0 Å². The van der Waals surface area contributed by atoms with Gasteiger partial charge in [0.25, 0.3) is 0 Å². The molecule has 1 amide bonds. The second kappa shape index (κ2) is 9.45. The van der Waals surface area contributed by atoms with E-state index in [2.05, 4.69) is 34.0 Å². The van der Waals surface area contributed by atoms with Crippen LogP contribution >= 0.6 is 0 Å². The van der Waals surface area contributed by atoms with Gasteiger partial charge in [-0.15, -0.1) is 0 Å². The normalized spacial score (nSPS) is 15.9. The van der Waals surface area contributed by atoms with E-state index in [9.17, 15) is 4.79 Å². The van der Waals surface area contributed by atoms with Gasteiger partial charge in [0.05, 0.1) is 6.61 Å². The van der Waals surface area contributed by atoms with E-state index >= 15 is 0 Å². The van der Waals surface area contributed by atoms with Crippen LogP contribution in [0.1, 0.15) is 33.1 Å². The molecule has 1 aromatic rings. The largest absolute Gasteiger partial charge is 0.380 e. The molecule has 0 spiro atoms. The molecule has 2 heterocycles. The summed E-state index contributed by atoms with van der Waals surface area (Å²) < 4.78 is 5.52. The van der Waals surface area contributed by atoms with Gasteiger partial charge in [-0.2, -0.15) is 0 Å². The van der Waals surface area contributed by atoms with Crippen molar-refractivity contribution in [2.45, 2.75) is 33.1 Å². The maximum Gasteiger partial charge on any atom is 0.225 e. The first-order valence-corrected chi connectivity index (χ1v) is 8.54. The molecule has 1 saturated heterocycles. The molecule has 0 aliphatic carbocycles. The number of aromatic nitrogens is 2. The van der Waals surface area contributed by atoms with Crippen LogP contribution < -0.4 is 10.2 Å². The minimum absolute atomic E-state index is 0.0885. The summed E-state index contributed by atoms with van der Waals surface area (Å²) in [7, 11) is 0. The highest BCUT2D eigenvalue weighted by Gasteiger charge is 2.25. The van der Waals surface area contributed by atoms with Crippen molar-refractivity contribution in [1.82, 2.24) is 15.3 Å². The molecular weight excluding hydrogens is 292 g/mol. The molecule has 0 atom stereocenters. The summed E-state index contributed by atoms with van der Waals surface area (Å²) in [6, 6.07) is 1.81. The van der Waals surface area contributed by atoms with E-state index in [-0.39, 0.29) is 11.8 Å². The van der Waals surface area contributed by atoms with Crippen molar-refractivity contribution in [2.75, 3.05) is 37.7 Å². The lowest BCUT2D eigenvalue weighted by Gasteiger charge is -2.31. The van der Waals surface area contributed by atoms with Gasteiger partial charge < -0.3 is 15.0 Å². The number of carbonyl (C=O) groups is 1. The molecule has 6 heteroatoms. The number of carbonyl (C=O) groups excluding carboxylic acids is 1. The summed E-state index contributed by atoms with van der Waals surface area (Å²) >= 11 is 0. The Kier molecular flexibility index (Phi) is 7.26. The number of piperidine rings is 1. The fraction of sp³-hybridized carbons (Fsp3) is 0.706. The van der Waals surface area contributed by atoms with Gasteiger partial charge in [-0.05, 0) is 31.2 Å². The fourth-order valence-electron chi connectivity index (χ4n) is 2.61. The summed E-state index contributed by atoms with van der Waals surface area (Å²) in [5.41, 5.74) is 0. The summed E-state index contributed by atoms with van der Waals surface area (Å²) in [5, 5.41) is 2.98. The molecule has 1 fully saturated rings. The summed E-state index contributed by atoms with van der Waals surface area (Å²) in [6.07, 6.45) is 6.26. The van der Waals surface area contributed by atoms with Crippen molar-refractivity contribution in [3.8, 4) is 0 Å². The topological polar surface area (TPSA) is 67.3 Å². The molecule has 2 rings (SSSR count). The maximum absolute atomic E-state index is 12.2. The average Bonchev–Trinajstić information content (AvgIpc) is 2.58. The first-order chi connectivity index (χ1) is 11.2. The molecule has 1 aliphatic heterocycles. The zero-order valence-electron chi connectivity index (χ0n) is 14.2. The van der Waals surface area contributed by atoms with E-state index in [0.717, 1.165) is 44.9 Å². The third-order valence-electron chi connectivity index (χ3n) is 4.09. The number of nitrogens with one attached hydrogen (secondary N) is 1. The number of hydrogen-bond acceptors (Lipinski definition) is 5. The van der Waals surface area contributed by atoms with Crippen molar-refractivity contribution in [2.24, 2.45) is 11.8 Å². The van der Waals surface area contributed by atoms with Crippen molar-refractivity contribution < 1.29 is 9.53 Å². The third kappa shape index (κ3) is 6.14. The lowest BCUT2D eigenvalue weighted by atomic mass is 9.96. The maximum atomic E-state index is 12.2. The first-order valence-electron chi connectivity index (χ1n) is 8.54. The van der Waals surface area contributed by atoms with Crippen molar-refractivity contribution in [3.63, 3.8) is 0 Å². The molecule has 0 bridgehead atoms. The van der Waals surface area contributed by atoms with Gasteiger partial charge in [0.15, 0.2) is 0 Å². The van der Waals surface area contributed by atoms with E-state index in [1.54, 1.807) is 12.4 Å². The standard InChI is InChI=1S/C17H28N4O2/c1-14(2)6-12-23-13-9-18-16(22)15-4-10-21(11-5-15)17-19-7-3-8-20-17/h3,7-8,14-15H,4-6,9-13H2,1-2H3,(H,18,22). The molecule has 23 heavy (non-hydrogen) atoms. The molecule has 6 nitrogen and oxygen atoms in total. The zero-order chi connectivity index (χ0) is 16.5. The summed E-state index contributed by atoms with van der Waals surface area (Å²) in [6.45, 7) is 7.97. The SMILES string of the molecule is CC(C)CCOCCNC(=O)C1CCN(c2ncccn2)CC1. The quantitative estimate of drug-likeness (QED) is 0.741. The first kappa shape index (κ1) is 17.7. The molecule has 1 aliphatic rings. The Morgan fingerprint density at radius 1 is 1.30 bits per heavy atom. The number of hydrogen-bond donors (Lipinski definition) is 1. The van der Waals surface area contributed by atoms with Crippen LogP contribution in [0.3, 0.4) is 0 Å². The molecule has 1 aromatic heterocycles. The third-order valence-corrected chi connectivity index (χ3v) is 4.09. The van der Waals surface area contributed by atoms with Crippen LogP contribution in [0.25, 0.3) is 0 Å². The van der Waals surface area contributed by atoms with Crippen LogP contribution in [-0.2, 0) is 9.53 Å². The number of amides is 1. The smallest absolute Gasteiger partial charge is 0.225 e. The van der Waals surface area contributed by atoms with Gasteiger partial charge >= 0.3 is 0 Å². The Morgan fingerprint density at radius 3 is 2.65 bits per heavy atom. The van der Waals surface area contributed by atoms with Gasteiger partial charge in [0.1, 0.15) is 0 Å². The van der Waals surface area contributed by atoms with E-state index in [4.69, 9.17) is 4.74 Å². The van der Waals surface area contributed by atoms with Gasteiger partial charge in [-0.25, -0.2) is 9.97 Å². The van der Waals surface area contributed by atoms with E-state index in [0.29, 0.717) is 19.1 Å². The number of anilines is 1. The highest BCUT2D eigenvalue weighted by Crippen LogP contribution is 2.20. The van der Waals surface area contributed by atoms with Gasteiger partial charge in [0.2, 0.25) is 11.9 Å². The Hall–Kier alpha value is -1.69. The van der Waals surface area contributed by atoms with Gasteiger partial charge in [0, 0.05) is 44.6 Å². The number of nitrogens with zero attached hydrogens (tertiary/aromatic N) is 3. The minimum Gasteiger partial charge on any atom is -0.380 e. The van der Waals surface area contributed by atoms with E-state index in [1.807, 2.05) is 6.07 Å². The lowest BCUT2D eigenvalue weighted by molar-refractivity contribution is -0.125. The molecule has 0 unspecified atom stereocenters. The van der Waals surface area contributed by atoms with E-state index < -0.39 is 0 Å². The Morgan fingerprint density at radius 2 is 2.00 bits per heavy atom. The van der Waals surface area contributed by atoms with Crippen LogP contribution in [-0.4, -0.2) is 48.7 Å². The number of rotatable bonds is 8. The molecular formula is C17H28N4O2. The lowest BCUT2D eigenvalue weighted by Crippen LogP contribution is -2.41. The molecule has 0 saturated carbocycles. The van der Waals surface area contributed by atoms with E-state index in [1.165, 1.54) is 0 Å². The van der Waals surface area contributed by atoms with Gasteiger partial charge in [-0.1, -0.05) is 13.8 Å². The van der Waals surface area contributed by atoms with Crippen LogP contribution in [0.15, 0.2) is 18.5 Å². The molecule has 0 aromatic carbocycles. The van der Waals surface area contributed by atoms with Crippen molar-refractivity contribution in [3.05, 3.63) is 18.5 Å².